The first-order chi connectivity index (χ1) is 28.7. The highest BCUT2D eigenvalue weighted by Gasteiger charge is 2.62. The number of sulfonamides is 1. The summed E-state index contributed by atoms with van der Waals surface area (Å²) in [6.07, 6.45) is 7.24. The number of carbonyl (C=O) groups excluding carboxylic acids is 4. The number of ether oxygens (including phenoxy) is 3. The summed E-state index contributed by atoms with van der Waals surface area (Å²) in [5.74, 6) is -0.781. The molecule has 4 fully saturated rings. The number of aromatic nitrogens is 1. The van der Waals surface area contributed by atoms with Gasteiger partial charge in [-0.25, -0.2) is 18.2 Å². The number of rotatable bonds is 5. The standard InChI is InChI=1S/C45H57N5O9S/c1-44(2)20-12-15-29-21-33-36(24-38(29)57-3)46-35(28-13-8-7-9-14-28)23-39(33)59-31-22-37-40(51)48-45(42(53)49-60(55,56)32-18-19-32)25-30(45)16-10-5-4-6-11-17-34(41(52)50(37)26-31)47-43(54)58-27-44/h7-9,13-14,21,23-24,30-32,34,37H,4-6,10-12,15-20,22,25-27H2,1-3H3,(H,47,54)(H,48,51)(H,49,53)/t30-,31+,34-,37-,45+/m0/s1. The van der Waals surface area contributed by atoms with Crippen molar-refractivity contribution in [1.82, 2.24) is 25.2 Å². The van der Waals surface area contributed by atoms with Crippen LogP contribution in [0.3, 0.4) is 0 Å². The first-order valence-corrected chi connectivity index (χ1v) is 23.2. The third-order valence-electron chi connectivity index (χ3n) is 13.0. The van der Waals surface area contributed by atoms with E-state index in [-0.39, 0.29) is 30.9 Å². The van der Waals surface area contributed by atoms with Gasteiger partial charge in [-0.3, -0.25) is 19.1 Å². The molecule has 3 aliphatic heterocycles. The van der Waals surface area contributed by atoms with E-state index in [0.717, 1.165) is 55.0 Å². The second kappa shape index (κ2) is 16.9. The summed E-state index contributed by atoms with van der Waals surface area (Å²) in [7, 11) is -2.25. The van der Waals surface area contributed by atoms with Crippen LogP contribution in [0.4, 0.5) is 4.79 Å². The Kier molecular flexibility index (Phi) is 11.7. The lowest BCUT2D eigenvalue weighted by Gasteiger charge is -2.30. The van der Waals surface area contributed by atoms with Gasteiger partial charge in [0.05, 0.1) is 36.7 Å². The normalized spacial score (nSPS) is 27.8. The minimum Gasteiger partial charge on any atom is -0.496 e. The molecule has 2 aromatic carbocycles. The Hall–Kier alpha value is -4.92. The molecule has 3 aromatic rings. The molecule has 2 saturated carbocycles. The Morgan fingerprint density at radius 3 is 2.47 bits per heavy atom. The first kappa shape index (κ1) is 41.8. The van der Waals surface area contributed by atoms with E-state index in [9.17, 15) is 27.6 Å². The maximum atomic E-state index is 14.8. The number of pyridine rings is 1. The van der Waals surface area contributed by atoms with Crippen molar-refractivity contribution < 1.29 is 41.8 Å². The zero-order valence-corrected chi connectivity index (χ0v) is 35.6. The molecule has 4 heterocycles. The van der Waals surface area contributed by atoms with Crippen LogP contribution in [0.15, 0.2) is 48.5 Å². The van der Waals surface area contributed by atoms with Gasteiger partial charge in [-0.15, -0.1) is 0 Å². The van der Waals surface area contributed by atoms with Crippen molar-refractivity contribution >= 4 is 44.7 Å². The van der Waals surface area contributed by atoms with Crippen LogP contribution in [-0.2, 0) is 35.6 Å². The summed E-state index contributed by atoms with van der Waals surface area (Å²) >= 11 is 0. The van der Waals surface area contributed by atoms with E-state index in [1.165, 1.54) is 4.90 Å². The maximum Gasteiger partial charge on any atom is 0.407 e. The Bertz CT molecular complexity index is 2250. The monoisotopic (exact) mass is 843 g/mol. The molecule has 2 aliphatic carbocycles. The van der Waals surface area contributed by atoms with Crippen molar-refractivity contribution in [3.8, 4) is 22.8 Å². The van der Waals surface area contributed by atoms with E-state index in [1.807, 2.05) is 62.4 Å². The number of nitrogens with zero attached hydrogens (tertiary/aromatic N) is 2. The molecule has 14 nitrogen and oxygen atoms in total. The molecule has 5 atom stereocenters. The van der Waals surface area contributed by atoms with Gasteiger partial charge in [0.15, 0.2) is 0 Å². The number of benzene rings is 2. The second-order valence-electron chi connectivity index (χ2n) is 18.2. The number of methoxy groups -OCH3 is 1. The number of hydrogen-bond donors (Lipinski definition) is 3. The lowest BCUT2D eigenvalue weighted by molar-refractivity contribution is -0.141. The average Bonchev–Trinajstić information content (AvgIpc) is 4.15. The number of alkyl carbamates (subject to hydrolysis) is 1. The van der Waals surface area contributed by atoms with Gasteiger partial charge >= 0.3 is 6.09 Å². The Labute approximate surface area is 351 Å². The molecule has 1 aromatic heterocycles. The topological polar surface area (TPSA) is 182 Å². The van der Waals surface area contributed by atoms with Crippen LogP contribution >= 0.6 is 0 Å². The predicted octanol–water partition coefficient (Wildman–Crippen LogP) is 5.94. The molecule has 5 aliphatic rings. The zero-order valence-electron chi connectivity index (χ0n) is 34.8. The lowest BCUT2D eigenvalue weighted by Crippen LogP contribution is -2.58. The minimum absolute atomic E-state index is 0.0172. The summed E-state index contributed by atoms with van der Waals surface area (Å²) in [5.41, 5.74) is 1.38. The molecule has 15 heteroatoms. The number of cyclic esters (lactones) is 1. The minimum atomic E-state index is -3.88. The number of hydrogen-bond acceptors (Lipinski definition) is 10. The van der Waals surface area contributed by atoms with Crippen molar-refractivity contribution in [2.24, 2.45) is 11.3 Å². The van der Waals surface area contributed by atoms with Crippen LogP contribution < -0.4 is 24.8 Å². The van der Waals surface area contributed by atoms with Crippen LogP contribution in [0.25, 0.3) is 22.2 Å². The lowest BCUT2D eigenvalue weighted by atomic mass is 9.87. The van der Waals surface area contributed by atoms with Crippen molar-refractivity contribution in [3.05, 3.63) is 54.1 Å². The largest absolute Gasteiger partial charge is 0.496 e. The highest BCUT2D eigenvalue weighted by atomic mass is 32.2. The van der Waals surface area contributed by atoms with Gasteiger partial charge < -0.3 is 29.7 Å². The molecule has 0 spiro atoms. The Morgan fingerprint density at radius 1 is 0.967 bits per heavy atom. The van der Waals surface area contributed by atoms with E-state index in [1.54, 1.807) is 7.11 Å². The summed E-state index contributed by atoms with van der Waals surface area (Å²) in [6, 6.07) is 13.5. The van der Waals surface area contributed by atoms with Crippen LogP contribution in [0.1, 0.15) is 103 Å². The fourth-order valence-corrected chi connectivity index (χ4v) is 10.6. The molecule has 322 valence electrons. The number of fused-ring (bicyclic) bond motifs is 4. The molecule has 3 N–H and O–H groups in total. The van der Waals surface area contributed by atoms with E-state index in [2.05, 4.69) is 15.4 Å². The van der Waals surface area contributed by atoms with Crippen LogP contribution in [0.5, 0.6) is 11.5 Å². The molecular formula is C45H57N5O9S. The smallest absolute Gasteiger partial charge is 0.407 e. The third-order valence-corrected chi connectivity index (χ3v) is 14.8. The van der Waals surface area contributed by atoms with E-state index < -0.39 is 62.8 Å². The number of aryl methyl sites for hydroxylation is 1. The van der Waals surface area contributed by atoms with Gasteiger partial charge in [0.25, 0.3) is 5.91 Å². The van der Waals surface area contributed by atoms with Gasteiger partial charge in [-0.2, -0.15) is 0 Å². The second-order valence-corrected chi connectivity index (χ2v) is 20.2. The Morgan fingerprint density at radius 2 is 1.72 bits per heavy atom. The van der Waals surface area contributed by atoms with Crippen molar-refractivity contribution in [1.29, 1.82) is 0 Å². The van der Waals surface area contributed by atoms with E-state index in [0.29, 0.717) is 67.7 Å². The SMILES string of the molecule is COc1cc2nc(-c3ccccc3)cc3c2cc1CCCC(C)(C)COC(=O)N[C@H]1CCCCCCC[C@H]2C[C@@]2(C(=O)NS(=O)(=O)C2CC2)NC(=O)[C@@H]2C[C@H](CN2C1=O)O3. The van der Waals surface area contributed by atoms with Gasteiger partial charge in [0.1, 0.15) is 35.2 Å². The highest BCUT2D eigenvalue weighted by molar-refractivity contribution is 7.91. The van der Waals surface area contributed by atoms with E-state index >= 15 is 0 Å². The molecule has 4 amide bonds. The Balaban J connectivity index is 1.19. The zero-order chi connectivity index (χ0) is 42.2. The van der Waals surface area contributed by atoms with E-state index in [4.69, 9.17) is 19.2 Å². The average molecular weight is 844 g/mol. The quantitative estimate of drug-likeness (QED) is 0.278. The molecule has 0 unspecified atom stereocenters. The molecule has 60 heavy (non-hydrogen) atoms. The van der Waals surface area contributed by atoms with Gasteiger partial charge in [-0.05, 0) is 74.3 Å². The fraction of sp³-hybridized carbons (Fsp3) is 0.578. The van der Waals surface area contributed by atoms with Crippen molar-refractivity contribution in [3.63, 3.8) is 0 Å². The maximum absolute atomic E-state index is 14.8. The van der Waals surface area contributed by atoms with Crippen molar-refractivity contribution in [2.75, 3.05) is 20.3 Å². The fourth-order valence-electron chi connectivity index (χ4n) is 9.21. The van der Waals surface area contributed by atoms with Gasteiger partial charge in [-0.1, -0.05) is 76.3 Å². The third kappa shape index (κ3) is 9.06. The summed E-state index contributed by atoms with van der Waals surface area (Å²) in [6.45, 7) is 4.23. The van der Waals surface area contributed by atoms with Gasteiger partial charge in [0.2, 0.25) is 21.8 Å². The summed E-state index contributed by atoms with van der Waals surface area (Å²) < 4.78 is 46.8. The molecule has 5 bridgehead atoms. The summed E-state index contributed by atoms with van der Waals surface area (Å²) in [4.78, 5) is 63.3. The van der Waals surface area contributed by atoms with Crippen LogP contribution in [-0.4, -0.2) is 91.4 Å². The van der Waals surface area contributed by atoms with Crippen molar-refractivity contribution in [2.45, 2.75) is 133 Å². The van der Waals surface area contributed by atoms with Crippen LogP contribution in [0, 0.1) is 11.3 Å². The van der Waals surface area contributed by atoms with Gasteiger partial charge in [0, 0.05) is 29.5 Å². The molecular weight excluding hydrogens is 787 g/mol. The number of amides is 4. The molecule has 0 radical (unpaired) electrons. The summed E-state index contributed by atoms with van der Waals surface area (Å²) in [5, 5.41) is 5.98. The highest BCUT2D eigenvalue weighted by Crippen LogP contribution is 2.48. The number of carbonyl (C=O) groups is 4. The molecule has 2 saturated heterocycles. The number of nitrogens with one attached hydrogen (secondary N) is 3. The predicted molar refractivity (Wildman–Crippen MR) is 225 cm³/mol. The first-order valence-electron chi connectivity index (χ1n) is 21.6. The molecule has 8 rings (SSSR count). The van der Waals surface area contributed by atoms with Crippen LogP contribution in [0.2, 0.25) is 0 Å².